The second-order valence-electron chi connectivity index (χ2n) is 6.96. The molecular formula is C16H24ClN5O2S. The molecule has 9 heteroatoms. The maximum atomic E-state index is 11.8. The number of nitrogens with one attached hydrogen (secondary N) is 1. The largest absolute Gasteiger partial charge is 0.366 e. The summed E-state index contributed by atoms with van der Waals surface area (Å²) in [6.45, 7) is 6.59. The van der Waals surface area contributed by atoms with E-state index in [-0.39, 0.29) is 23.5 Å². The highest BCUT2D eigenvalue weighted by Crippen LogP contribution is 2.29. The van der Waals surface area contributed by atoms with Gasteiger partial charge in [0, 0.05) is 25.2 Å². The molecule has 0 bridgehead atoms. The Morgan fingerprint density at radius 3 is 2.72 bits per heavy atom. The van der Waals surface area contributed by atoms with E-state index in [1.54, 1.807) is 9.36 Å². The molecule has 2 aromatic heterocycles. The minimum absolute atomic E-state index is 0.116. The van der Waals surface area contributed by atoms with Gasteiger partial charge in [-0.3, -0.25) is 4.68 Å². The number of sulfone groups is 1. The molecule has 2 aromatic rings. The van der Waals surface area contributed by atoms with Crippen LogP contribution in [0.15, 0.2) is 6.07 Å². The number of aromatic nitrogens is 4. The number of aryl methyl sites for hydroxylation is 2. The van der Waals surface area contributed by atoms with Gasteiger partial charge in [0.25, 0.3) is 0 Å². The van der Waals surface area contributed by atoms with Crippen LogP contribution in [0.2, 0.25) is 5.15 Å². The van der Waals surface area contributed by atoms with Gasteiger partial charge in [0.15, 0.2) is 9.84 Å². The third-order valence-corrected chi connectivity index (χ3v) is 6.73. The minimum atomic E-state index is -2.96. The highest BCUT2D eigenvalue weighted by Gasteiger charge is 2.31. The van der Waals surface area contributed by atoms with Crippen molar-refractivity contribution in [1.29, 1.82) is 0 Å². The molecule has 0 amide bonds. The van der Waals surface area contributed by atoms with Crippen LogP contribution in [0.4, 0.5) is 5.82 Å². The fourth-order valence-electron chi connectivity index (χ4n) is 3.27. The first kappa shape index (κ1) is 18.3. The van der Waals surface area contributed by atoms with E-state index in [4.69, 9.17) is 11.6 Å². The Labute approximate surface area is 153 Å². The fourth-order valence-corrected chi connectivity index (χ4v) is 5.16. The van der Waals surface area contributed by atoms with Gasteiger partial charge in [-0.15, -0.1) is 0 Å². The van der Waals surface area contributed by atoms with Crippen molar-refractivity contribution in [2.45, 2.75) is 45.7 Å². The summed E-state index contributed by atoms with van der Waals surface area (Å²) in [6, 6.07) is 1.82. The van der Waals surface area contributed by atoms with Gasteiger partial charge in [-0.2, -0.15) is 10.2 Å². The van der Waals surface area contributed by atoms with E-state index in [1.807, 2.05) is 20.0 Å². The first-order valence-electron chi connectivity index (χ1n) is 8.39. The lowest BCUT2D eigenvalue weighted by Crippen LogP contribution is -2.16. The van der Waals surface area contributed by atoms with Crippen molar-refractivity contribution in [1.82, 2.24) is 19.6 Å². The molecule has 1 saturated heterocycles. The fraction of sp³-hybridized carbons (Fsp3) is 0.625. The van der Waals surface area contributed by atoms with Crippen LogP contribution >= 0.6 is 11.6 Å². The highest BCUT2D eigenvalue weighted by molar-refractivity contribution is 7.91. The lowest BCUT2D eigenvalue weighted by Gasteiger charge is -2.15. The average Bonchev–Trinajstić information content (AvgIpc) is 3.15. The van der Waals surface area contributed by atoms with Gasteiger partial charge in [0.05, 0.1) is 28.9 Å². The van der Waals surface area contributed by atoms with Gasteiger partial charge in [-0.1, -0.05) is 25.4 Å². The van der Waals surface area contributed by atoms with Crippen molar-refractivity contribution in [3.63, 3.8) is 0 Å². The number of anilines is 1. The Bertz CT molecular complexity index is 885. The van der Waals surface area contributed by atoms with E-state index in [1.165, 1.54) is 0 Å². The standard InChI is InChI=1S/C16H24ClN5O2S/c1-10(2)15-13(16(17)21(4)20-15)8-18-14-7-11(3)19-22(14)12-5-6-25(23,24)9-12/h7,10,12,18H,5-6,8-9H2,1-4H3/t12-/m0/s1. The Morgan fingerprint density at radius 1 is 1.40 bits per heavy atom. The zero-order valence-corrected chi connectivity index (χ0v) is 16.5. The van der Waals surface area contributed by atoms with Gasteiger partial charge >= 0.3 is 0 Å². The molecule has 3 rings (SSSR count). The third-order valence-electron chi connectivity index (χ3n) is 4.51. The van der Waals surface area contributed by atoms with E-state index in [0.29, 0.717) is 18.1 Å². The molecule has 1 N–H and O–H groups in total. The Balaban J connectivity index is 1.84. The lowest BCUT2D eigenvalue weighted by molar-refractivity contribution is 0.501. The quantitative estimate of drug-likeness (QED) is 0.855. The van der Waals surface area contributed by atoms with Crippen LogP contribution in [0.1, 0.15) is 49.2 Å². The summed E-state index contributed by atoms with van der Waals surface area (Å²) in [7, 11) is -1.13. The first-order chi connectivity index (χ1) is 11.7. The Morgan fingerprint density at radius 2 is 2.12 bits per heavy atom. The Hall–Kier alpha value is -1.54. The summed E-state index contributed by atoms with van der Waals surface area (Å²) in [5, 5.41) is 13.0. The van der Waals surface area contributed by atoms with Crippen molar-refractivity contribution in [2.75, 3.05) is 16.8 Å². The summed E-state index contributed by atoms with van der Waals surface area (Å²) in [5.74, 6) is 1.45. The molecular weight excluding hydrogens is 362 g/mol. The van der Waals surface area contributed by atoms with Crippen LogP contribution in [0.25, 0.3) is 0 Å². The third kappa shape index (κ3) is 3.69. The van der Waals surface area contributed by atoms with Crippen molar-refractivity contribution in [3.8, 4) is 0 Å². The van der Waals surface area contributed by atoms with E-state index >= 15 is 0 Å². The number of hydrogen-bond donors (Lipinski definition) is 1. The van der Waals surface area contributed by atoms with Gasteiger partial charge in [-0.25, -0.2) is 13.1 Å². The molecule has 25 heavy (non-hydrogen) atoms. The lowest BCUT2D eigenvalue weighted by atomic mass is 10.1. The van der Waals surface area contributed by atoms with E-state index < -0.39 is 9.84 Å². The summed E-state index contributed by atoms with van der Waals surface area (Å²) in [6.07, 6.45) is 0.600. The van der Waals surface area contributed by atoms with Crippen LogP contribution in [-0.4, -0.2) is 39.5 Å². The van der Waals surface area contributed by atoms with Gasteiger partial charge in [0.1, 0.15) is 11.0 Å². The molecule has 0 unspecified atom stereocenters. The van der Waals surface area contributed by atoms with Crippen LogP contribution < -0.4 is 5.32 Å². The van der Waals surface area contributed by atoms with Crippen LogP contribution in [0.3, 0.4) is 0 Å². The molecule has 3 heterocycles. The van der Waals surface area contributed by atoms with Crippen LogP contribution in [0.5, 0.6) is 0 Å². The summed E-state index contributed by atoms with van der Waals surface area (Å²) in [5.41, 5.74) is 2.78. The van der Waals surface area contributed by atoms with Crippen molar-refractivity contribution < 1.29 is 8.42 Å². The van der Waals surface area contributed by atoms with Gasteiger partial charge in [-0.05, 0) is 19.3 Å². The molecule has 7 nitrogen and oxygen atoms in total. The van der Waals surface area contributed by atoms with E-state index in [0.717, 1.165) is 22.8 Å². The molecule has 0 aliphatic carbocycles. The molecule has 138 valence electrons. The van der Waals surface area contributed by atoms with E-state index in [2.05, 4.69) is 29.4 Å². The minimum Gasteiger partial charge on any atom is -0.366 e. The maximum Gasteiger partial charge on any atom is 0.152 e. The average molecular weight is 386 g/mol. The molecule has 1 atom stereocenters. The molecule has 0 aromatic carbocycles. The van der Waals surface area contributed by atoms with E-state index in [9.17, 15) is 8.42 Å². The topological polar surface area (TPSA) is 81.8 Å². The molecule has 1 aliphatic heterocycles. The summed E-state index contributed by atoms with van der Waals surface area (Å²) in [4.78, 5) is 0. The molecule has 0 spiro atoms. The zero-order valence-electron chi connectivity index (χ0n) is 15.0. The smallest absolute Gasteiger partial charge is 0.152 e. The molecule has 1 fully saturated rings. The van der Waals surface area contributed by atoms with Crippen molar-refractivity contribution in [3.05, 3.63) is 28.2 Å². The van der Waals surface area contributed by atoms with Gasteiger partial charge < -0.3 is 5.32 Å². The maximum absolute atomic E-state index is 11.8. The van der Waals surface area contributed by atoms with Gasteiger partial charge in [0.2, 0.25) is 0 Å². The number of halogens is 1. The summed E-state index contributed by atoms with van der Waals surface area (Å²) < 4.78 is 27.1. The van der Waals surface area contributed by atoms with Crippen molar-refractivity contribution >= 4 is 27.3 Å². The summed E-state index contributed by atoms with van der Waals surface area (Å²) >= 11 is 6.39. The molecule has 0 saturated carbocycles. The second-order valence-corrected chi connectivity index (χ2v) is 9.55. The predicted octanol–water partition coefficient (Wildman–Crippen LogP) is 2.67. The van der Waals surface area contributed by atoms with Crippen molar-refractivity contribution in [2.24, 2.45) is 7.05 Å². The Kier molecular flexibility index (Phi) is 4.85. The zero-order chi connectivity index (χ0) is 18.4. The van der Waals surface area contributed by atoms with Crippen LogP contribution in [0, 0.1) is 6.92 Å². The highest BCUT2D eigenvalue weighted by atomic mass is 35.5. The molecule has 0 radical (unpaired) electrons. The number of rotatable bonds is 5. The monoisotopic (exact) mass is 385 g/mol. The van der Waals surface area contributed by atoms with Crippen LogP contribution in [-0.2, 0) is 23.4 Å². The first-order valence-corrected chi connectivity index (χ1v) is 10.6. The predicted molar refractivity (Wildman–Crippen MR) is 98.9 cm³/mol. The normalized spacial score (nSPS) is 19.7. The number of nitrogens with zero attached hydrogens (tertiary/aromatic N) is 4. The SMILES string of the molecule is Cc1cc(NCc2c(C(C)C)nn(C)c2Cl)n([C@H]2CCS(=O)(=O)C2)n1. The second kappa shape index (κ2) is 6.64. The number of hydrogen-bond acceptors (Lipinski definition) is 5. The molecule has 1 aliphatic rings.